The molecule has 1 aromatic heterocycles. The number of alkyl halides is 6. The van der Waals surface area contributed by atoms with Crippen LogP contribution in [0.3, 0.4) is 0 Å². The molecule has 0 saturated heterocycles. The summed E-state index contributed by atoms with van der Waals surface area (Å²) in [6, 6.07) is 4.76. The van der Waals surface area contributed by atoms with Crippen molar-refractivity contribution in [1.29, 1.82) is 0 Å². The molecule has 1 saturated carbocycles. The zero-order valence-electron chi connectivity index (χ0n) is 18.3. The van der Waals surface area contributed by atoms with Crippen LogP contribution in [-0.2, 0) is 10.3 Å². The van der Waals surface area contributed by atoms with Crippen molar-refractivity contribution >= 4 is 17.6 Å². The number of hydrogen-bond acceptors (Lipinski definition) is 6. The SMILES string of the molecule is NC1=NC(CF)(c2cc(NC(=O)c3ccc(OCC(F)(F)F)cn3)ccc2F)C2CC(F)(F)C[C@@H]2O1. The monoisotopic (exact) mass is 520 g/mol. The number of aliphatic imine (C=N–C) groups is 1. The zero-order valence-corrected chi connectivity index (χ0v) is 18.3. The molecule has 194 valence electrons. The fraction of sp³-hybridized carbons (Fsp3) is 0.409. The molecule has 3 atom stereocenters. The molecule has 2 aromatic rings. The molecule has 2 unspecified atom stereocenters. The number of nitrogens with one attached hydrogen (secondary N) is 1. The topological polar surface area (TPSA) is 98.8 Å². The average Bonchev–Trinajstić information content (AvgIpc) is 3.12. The van der Waals surface area contributed by atoms with E-state index in [-0.39, 0.29) is 17.1 Å². The molecule has 3 N–H and O–H groups in total. The van der Waals surface area contributed by atoms with Crippen molar-refractivity contribution in [2.24, 2.45) is 16.6 Å². The van der Waals surface area contributed by atoms with Crippen LogP contribution in [0.2, 0.25) is 0 Å². The molecule has 1 aromatic carbocycles. The van der Waals surface area contributed by atoms with E-state index >= 15 is 0 Å². The molecule has 1 aliphatic heterocycles. The number of carbonyl (C=O) groups excluding carboxylic acids is 1. The predicted octanol–water partition coefficient (Wildman–Crippen LogP) is 4.34. The van der Waals surface area contributed by atoms with Crippen LogP contribution in [0.15, 0.2) is 41.5 Å². The second-order valence-corrected chi connectivity index (χ2v) is 8.47. The highest BCUT2D eigenvalue weighted by atomic mass is 19.4. The normalized spacial score (nSPS) is 24.9. The number of fused-ring (bicyclic) bond motifs is 1. The van der Waals surface area contributed by atoms with Crippen LogP contribution in [0.25, 0.3) is 0 Å². The minimum atomic E-state index is -4.55. The quantitative estimate of drug-likeness (QED) is 0.553. The van der Waals surface area contributed by atoms with Gasteiger partial charge in [0.25, 0.3) is 17.9 Å². The largest absolute Gasteiger partial charge is 0.483 e. The molecule has 4 rings (SSSR count). The van der Waals surface area contributed by atoms with Gasteiger partial charge in [-0.1, -0.05) is 0 Å². The van der Waals surface area contributed by atoms with Crippen molar-refractivity contribution in [3.05, 3.63) is 53.6 Å². The van der Waals surface area contributed by atoms with Gasteiger partial charge in [0, 0.05) is 30.0 Å². The van der Waals surface area contributed by atoms with Crippen LogP contribution in [0, 0.1) is 11.7 Å². The van der Waals surface area contributed by atoms with Crippen molar-refractivity contribution < 1.29 is 45.0 Å². The number of nitrogens with two attached hydrogens (primary N) is 1. The molecule has 2 heterocycles. The van der Waals surface area contributed by atoms with E-state index in [9.17, 15) is 35.5 Å². The van der Waals surface area contributed by atoms with Crippen LogP contribution < -0.4 is 15.8 Å². The summed E-state index contributed by atoms with van der Waals surface area (Å²) in [7, 11) is 0. The van der Waals surface area contributed by atoms with Gasteiger partial charge in [-0.25, -0.2) is 27.5 Å². The van der Waals surface area contributed by atoms with Crippen LogP contribution in [0.4, 0.5) is 36.4 Å². The molecule has 14 heteroatoms. The number of halogens is 7. The lowest BCUT2D eigenvalue weighted by molar-refractivity contribution is -0.153. The van der Waals surface area contributed by atoms with Crippen molar-refractivity contribution in [1.82, 2.24) is 4.98 Å². The second kappa shape index (κ2) is 9.13. The van der Waals surface area contributed by atoms with Gasteiger partial charge in [-0.05, 0) is 30.3 Å². The lowest BCUT2D eigenvalue weighted by Gasteiger charge is -2.40. The molecule has 1 fully saturated rings. The number of hydrogen-bond donors (Lipinski definition) is 2. The summed E-state index contributed by atoms with van der Waals surface area (Å²) < 4.78 is 104. The van der Waals surface area contributed by atoms with Crippen molar-refractivity contribution in [3.8, 4) is 5.75 Å². The number of anilines is 1. The summed E-state index contributed by atoms with van der Waals surface area (Å²) >= 11 is 0. The summed E-state index contributed by atoms with van der Waals surface area (Å²) in [5.41, 5.74) is 2.86. The maximum atomic E-state index is 14.9. The molecular weight excluding hydrogens is 501 g/mol. The van der Waals surface area contributed by atoms with Gasteiger partial charge in [-0.3, -0.25) is 4.79 Å². The number of benzene rings is 1. The fourth-order valence-corrected chi connectivity index (χ4v) is 4.39. The molecule has 1 aliphatic carbocycles. The van der Waals surface area contributed by atoms with Crippen molar-refractivity contribution in [2.45, 2.75) is 36.6 Å². The van der Waals surface area contributed by atoms with Crippen LogP contribution in [0.5, 0.6) is 5.75 Å². The molecule has 1 amide bonds. The number of rotatable bonds is 6. The third-order valence-corrected chi connectivity index (χ3v) is 5.93. The number of carbonyl (C=O) groups is 1. The molecule has 0 radical (unpaired) electrons. The van der Waals surface area contributed by atoms with E-state index in [1.54, 1.807) is 0 Å². The number of pyridine rings is 1. The Hall–Kier alpha value is -3.58. The average molecular weight is 520 g/mol. The van der Waals surface area contributed by atoms with Gasteiger partial charge in [0.15, 0.2) is 6.61 Å². The van der Waals surface area contributed by atoms with E-state index in [1.165, 1.54) is 0 Å². The molecular formula is C22H19F7N4O3. The molecule has 0 bridgehead atoms. The van der Waals surface area contributed by atoms with E-state index in [2.05, 4.69) is 20.0 Å². The Morgan fingerprint density at radius 1 is 1.22 bits per heavy atom. The lowest BCUT2D eigenvalue weighted by atomic mass is 9.76. The van der Waals surface area contributed by atoms with E-state index in [4.69, 9.17) is 10.5 Å². The van der Waals surface area contributed by atoms with E-state index in [1.807, 2.05) is 0 Å². The first-order valence-corrected chi connectivity index (χ1v) is 10.5. The van der Waals surface area contributed by atoms with Gasteiger partial charge in [0.05, 0.1) is 6.20 Å². The Morgan fingerprint density at radius 3 is 2.61 bits per heavy atom. The van der Waals surface area contributed by atoms with Crippen molar-refractivity contribution in [3.63, 3.8) is 0 Å². The predicted molar refractivity (Wildman–Crippen MR) is 112 cm³/mol. The summed E-state index contributed by atoms with van der Waals surface area (Å²) in [6.45, 7) is -2.90. The highest BCUT2D eigenvalue weighted by Crippen LogP contribution is 2.53. The Bertz CT molecular complexity index is 1170. The number of amides is 1. The van der Waals surface area contributed by atoms with Gasteiger partial charge in [0.1, 0.15) is 35.6 Å². The lowest BCUT2D eigenvalue weighted by Crippen LogP contribution is -2.48. The third kappa shape index (κ3) is 5.16. The summed E-state index contributed by atoms with van der Waals surface area (Å²) in [5, 5.41) is 2.40. The van der Waals surface area contributed by atoms with E-state index < -0.39 is 79.1 Å². The molecule has 0 spiro atoms. The van der Waals surface area contributed by atoms with Crippen LogP contribution >= 0.6 is 0 Å². The highest BCUT2D eigenvalue weighted by molar-refractivity contribution is 6.02. The number of aromatic nitrogens is 1. The van der Waals surface area contributed by atoms with Gasteiger partial charge in [-0.15, -0.1) is 0 Å². The molecule has 2 aliphatic rings. The first-order chi connectivity index (χ1) is 16.8. The zero-order chi connectivity index (χ0) is 26.3. The number of ether oxygens (including phenoxy) is 2. The Kier molecular flexibility index (Phi) is 6.47. The Balaban J connectivity index is 1.58. The number of amidine groups is 1. The maximum Gasteiger partial charge on any atom is 0.422 e. The first-order valence-electron chi connectivity index (χ1n) is 10.5. The third-order valence-electron chi connectivity index (χ3n) is 5.93. The van der Waals surface area contributed by atoms with Gasteiger partial charge in [0.2, 0.25) is 0 Å². The Morgan fingerprint density at radius 2 is 1.97 bits per heavy atom. The standard InChI is InChI=1S/C22H19F7N4O3/c23-9-21(14-6-20(25,26)7-17(14)36-19(30)33-21)13-5-11(1-3-15(13)24)32-18(34)16-4-2-12(8-31-16)35-10-22(27,28)29/h1-5,8,14,17H,6-7,9-10H2,(H2,30,33)(H,32,34)/t14?,17-,21?/m0/s1. The highest BCUT2D eigenvalue weighted by Gasteiger charge is 2.60. The maximum absolute atomic E-state index is 14.9. The van der Waals surface area contributed by atoms with Gasteiger partial charge < -0.3 is 20.5 Å². The van der Waals surface area contributed by atoms with Gasteiger partial charge in [-0.2, -0.15) is 13.2 Å². The molecule has 36 heavy (non-hydrogen) atoms. The summed E-state index contributed by atoms with van der Waals surface area (Å²) in [4.78, 5) is 20.2. The smallest absolute Gasteiger partial charge is 0.422 e. The second-order valence-electron chi connectivity index (χ2n) is 8.47. The van der Waals surface area contributed by atoms with Gasteiger partial charge >= 0.3 is 6.18 Å². The van der Waals surface area contributed by atoms with Crippen LogP contribution in [0.1, 0.15) is 28.9 Å². The summed E-state index contributed by atoms with van der Waals surface area (Å²) in [5.74, 6) is -6.43. The summed E-state index contributed by atoms with van der Waals surface area (Å²) in [6.07, 6.45) is -6.37. The minimum absolute atomic E-state index is 0.0370. The Labute approximate surface area is 199 Å². The van der Waals surface area contributed by atoms with Crippen molar-refractivity contribution in [2.75, 3.05) is 18.6 Å². The van der Waals surface area contributed by atoms with Crippen LogP contribution in [-0.4, -0.2) is 48.4 Å². The van der Waals surface area contributed by atoms with E-state index in [0.29, 0.717) is 0 Å². The first kappa shape index (κ1) is 25.5. The molecule has 7 nitrogen and oxygen atoms in total. The van der Waals surface area contributed by atoms with E-state index in [0.717, 1.165) is 36.5 Å². The fourth-order valence-electron chi connectivity index (χ4n) is 4.39. The minimum Gasteiger partial charge on any atom is -0.483 e. The number of nitrogens with zero attached hydrogens (tertiary/aromatic N) is 2.